The quantitative estimate of drug-likeness (QED) is 0.688. The summed E-state index contributed by atoms with van der Waals surface area (Å²) in [7, 11) is 0. The molecule has 0 aromatic rings. The Balaban J connectivity index is 0. The molecule has 80 valence electrons. The van der Waals surface area contributed by atoms with Gasteiger partial charge in [-0.15, -0.1) is 0 Å². The highest BCUT2D eigenvalue weighted by molar-refractivity contribution is 5.75. The van der Waals surface area contributed by atoms with Crippen LogP contribution in [0.1, 0.15) is 41.0 Å². The fraction of sp³-hybridized carbons (Fsp3) is 0.900. The predicted octanol–water partition coefficient (Wildman–Crippen LogP) is 1.95. The lowest BCUT2D eigenvalue weighted by molar-refractivity contribution is -0.145. The van der Waals surface area contributed by atoms with Crippen molar-refractivity contribution in [2.45, 2.75) is 47.1 Å². The molecule has 0 rings (SSSR count). The molecule has 0 aromatic carbocycles. The molecule has 0 radical (unpaired) electrons. The van der Waals surface area contributed by atoms with Crippen LogP contribution in [0.2, 0.25) is 0 Å². The second-order valence-electron chi connectivity index (χ2n) is 2.99. The summed E-state index contributed by atoms with van der Waals surface area (Å²) in [6, 6.07) is -0.449. The van der Waals surface area contributed by atoms with Crippen LogP contribution in [0.15, 0.2) is 0 Å². The van der Waals surface area contributed by atoms with Crippen LogP contribution in [-0.4, -0.2) is 18.6 Å². The lowest BCUT2D eigenvalue weighted by Gasteiger charge is -2.11. The number of esters is 1. The van der Waals surface area contributed by atoms with E-state index in [0.29, 0.717) is 18.9 Å². The summed E-state index contributed by atoms with van der Waals surface area (Å²) >= 11 is 0. The third-order valence-corrected chi connectivity index (χ3v) is 1.31. The highest BCUT2D eigenvalue weighted by Crippen LogP contribution is 2.03. The van der Waals surface area contributed by atoms with Crippen LogP contribution in [0.25, 0.3) is 0 Å². The summed E-state index contributed by atoms with van der Waals surface area (Å²) in [6.45, 7) is 10.2. The zero-order chi connectivity index (χ0) is 10.9. The van der Waals surface area contributed by atoms with Crippen molar-refractivity contribution < 1.29 is 9.53 Å². The third-order valence-electron chi connectivity index (χ3n) is 1.31. The minimum Gasteiger partial charge on any atom is -0.465 e. The van der Waals surface area contributed by atoms with E-state index in [2.05, 4.69) is 0 Å². The Labute approximate surface area is 81.6 Å². The molecule has 0 saturated carbocycles. The zero-order valence-corrected chi connectivity index (χ0v) is 9.46. The van der Waals surface area contributed by atoms with Gasteiger partial charge in [-0.05, 0) is 19.3 Å². The van der Waals surface area contributed by atoms with E-state index in [1.807, 2.05) is 27.7 Å². The number of nitrogens with two attached hydrogens (primary N) is 1. The maximum atomic E-state index is 10.9. The van der Waals surface area contributed by atoms with Crippen LogP contribution >= 0.6 is 0 Å². The molecule has 0 heterocycles. The number of carbonyl (C=O) groups excluding carboxylic acids is 1. The van der Waals surface area contributed by atoms with Gasteiger partial charge in [-0.25, -0.2) is 0 Å². The van der Waals surface area contributed by atoms with Crippen molar-refractivity contribution in [2.24, 2.45) is 11.7 Å². The van der Waals surface area contributed by atoms with Crippen molar-refractivity contribution in [3.05, 3.63) is 0 Å². The topological polar surface area (TPSA) is 52.3 Å². The first-order valence-electron chi connectivity index (χ1n) is 5.00. The molecule has 0 fully saturated rings. The first-order valence-corrected chi connectivity index (χ1v) is 5.00. The van der Waals surface area contributed by atoms with Crippen molar-refractivity contribution in [3.8, 4) is 0 Å². The van der Waals surface area contributed by atoms with Crippen LogP contribution in [0.3, 0.4) is 0 Å². The van der Waals surface area contributed by atoms with Crippen LogP contribution in [0.5, 0.6) is 0 Å². The van der Waals surface area contributed by atoms with Gasteiger partial charge in [0.15, 0.2) is 0 Å². The van der Waals surface area contributed by atoms with E-state index in [9.17, 15) is 4.79 Å². The average molecular weight is 189 g/mol. The van der Waals surface area contributed by atoms with Crippen LogP contribution in [0.4, 0.5) is 0 Å². The van der Waals surface area contributed by atoms with Crippen LogP contribution in [-0.2, 0) is 9.53 Å². The van der Waals surface area contributed by atoms with Crippen molar-refractivity contribution in [1.29, 1.82) is 0 Å². The van der Waals surface area contributed by atoms with Crippen molar-refractivity contribution in [1.82, 2.24) is 0 Å². The first-order chi connectivity index (χ1) is 6.07. The summed E-state index contributed by atoms with van der Waals surface area (Å²) in [4.78, 5) is 10.9. The van der Waals surface area contributed by atoms with Gasteiger partial charge in [0.1, 0.15) is 6.04 Å². The Morgan fingerprint density at radius 1 is 1.38 bits per heavy atom. The predicted molar refractivity (Wildman–Crippen MR) is 55.4 cm³/mol. The SMILES string of the molecule is CC.CCOC(=O)C(N)CC(C)C. The second-order valence-corrected chi connectivity index (χ2v) is 2.99. The molecule has 0 aliphatic carbocycles. The lowest BCUT2D eigenvalue weighted by Crippen LogP contribution is -2.33. The molecule has 1 unspecified atom stereocenters. The van der Waals surface area contributed by atoms with Crippen molar-refractivity contribution in [2.75, 3.05) is 6.61 Å². The first kappa shape index (κ1) is 14.9. The molecular weight excluding hydrogens is 166 g/mol. The smallest absolute Gasteiger partial charge is 0.322 e. The standard InChI is InChI=1S/C8H17NO2.C2H6/c1-4-11-8(10)7(9)5-6(2)3;1-2/h6-7H,4-5,9H2,1-3H3;1-2H3. The molecule has 3 nitrogen and oxygen atoms in total. The van der Waals surface area contributed by atoms with E-state index in [4.69, 9.17) is 10.5 Å². The summed E-state index contributed by atoms with van der Waals surface area (Å²) in [6.07, 6.45) is 0.693. The number of hydrogen-bond donors (Lipinski definition) is 1. The van der Waals surface area contributed by atoms with E-state index in [0.717, 1.165) is 0 Å². The summed E-state index contributed by atoms with van der Waals surface area (Å²) in [5, 5.41) is 0. The lowest BCUT2D eigenvalue weighted by atomic mass is 10.1. The van der Waals surface area contributed by atoms with Gasteiger partial charge in [0.2, 0.25) is 0 Å². The molecule has 0 aliphatic heterocycles. The van der Waals surface area contributed by atoms with Gasteiger partial charge < -0.3 is 10.5 Å². The van der Waals surface area contributed by atoms with Gasteiger partial charge in [0, 0.05) is 0 Å². The van der Waals surface area contributed by atoms with Gasteiger partial charge in [-0.2, -0.15) is 0 Å². The Kier molecular flexibility index (Phi) is 10.9. The number of ether oxygens (including phenoxy) is 1. The molecular formula is C10H23NO2. The van der Waals surface area contributed by atoms with Crippen LogP contribution in [0, 0.1) is 5.92 Å². The molecule has 2 N–H and O–H groups in total. The van der Waals surface area contributed by atoms with E-state index >= 15 is 0 Å². The van der Waals surface area contributed by atoms with Crippen molar-refractivity contribution in [3.63, 3.8) is 0 Å². The normalized spacial score (nSPS) is 11.6. The van der Waals surface area contributed by atoms with Crippen molar-refractivity contribution >= 4 is 5.97 Å². The molecule has 0 aliphatic rings. The van der Waals surface area contributed by atoms with Gasteiger partial charge >= 0.3 is 5.97 Å². The zero-order valence-electron chi connectivity index (χ0n) is 9.46. The number of rotatable bonds is 4. The Morgan fingerprint density at radius 2 is 1.85 bits per heavy atom. The van der Waals surface area contributed by atoms with Crippen LogP contribution < -0.4 is 5.73 Å². The summed E-state index contributed by atoms with van der Waals surface area (Å²) in [5.41, 5.74) is 5.53. The van der Waals surface area contributed by atoms with Gasteiger partial charge in [-0.1, -0.05) is 27.7 Å². The molecule has 0 saturated heterocycles. The molecule has 13 heavy (non-hydrogen) atoms. The van der Waals surface area contributed by atoms with E-state index in [1.165, 1.54) is 0 Å². The van der Waals surface area contributed by atoms with E-state index in [1.54, 1.807) is 6.92 Å². The molecule has 0 aromatic heterocycles. The molecule has 0 spiro atoms. The maximum absolute atomic E-state index is 10.9. The number of carbonyl (C=O) groups is 1. The Hall–Kier alpha value is -0.570. The van der Waals surface area contributed by atoms with Gasteiger partial charge in [0.05, 0.1) is 6.61 Å². The molecule has 0 amide bonds. The van der Waals surface area contributed by atoms with Gasteiger partial charge in [0.25, 0.3) is 0 Å². The minimum absolute atomic E-state index is 0.291. The fourth-order valence-corrected chi connectivity index (χ4v) is 0.853. The van der Waals surface area contributed by atoms with E-state index < -0.39 is 6.04 Å². The highest BCUT2D eigenvalue weighted by atomic mass is 16.5. The minimum atomic E-state index is -0.449. The molecule has 3 heteroatoms. The highest BCUT2D eigenvalue weighted by Gasteiger charge is 2.15. The third kappa shape index (κ3) is 9.34. The second kappa shape index (κ2) is 9.52. The van der Waals surface area contributed by atoms with Gasteiger partial charge in [-0.3, -0.25) is 4.79 Å². The summed E-state index contributed by atoms with van der Waals surface area (Å²) in [5.74, 6) is 0.149. The maximum Gasteiger partial charge on any atom is 0.322 e. The molecule has 0 bridgehead atoms. The summed E-state index contributed by atoms with van der Waals surface area (Å²) < 4.78 is 4.74. The number of hydrogen-bond acceptors (Lipinski definition) is 3. The average Bonchev–Trinajstić information content (AvgIpc) is 2.07. The fourth-order valence-electron chi connectivity index (χ4n) is 0.853. The Bertz CT molecular complexity index is 124. The Morgan fingerprint density at radius 3 is 2.15 bits per heavy atom. The van der Waals surface area contributed by atoms with E-state index in [-0.39, 0.29) is 5.97 Å². The monoisotopic (exact) mass is 189 g/mol. The molecule has 1 atom stereocenters. The largest absolute Gasteiger partial charge is 0.465 e.